The first-order chi connectivity index (χ1) is 37.9. The predicted octanol–water partition coefficient (Wildman–Crippen LogP) is 19.5. The fourth-order valence-corrected chi connectivity index (χ4v) is 9.21. The average molecular weight is 1060 g/mol. The highest BCUT2D eigenvalue weighted by molar-refractivity contribution is 6.33. The quantitative estimate of drug-likeness (QED) is 0.0531. The number of carbonyl (C=O) groups is 1. The van der Waals surface area contributed by atoms with E-state index in [0.29, 0.717) is 88.2 Å². The Morgan fingerprint density at radius 3 is 1.17 bits per heavy atom. The molecule has 0 heterocycles. The molecule has 0 saturated heterocycles. The zero-order valence-corrected chi connectivity index (χ0v) is 42.8. The molecule has 0 aliphatic heterocycles. The normalized spacial score (nSPS) is 12.8. The van der Waals surface area contributed by atoms with E-state index in [0.717, 1.165) is 22.3 Å². The molecule has 10 aromatic rings. The van der Waals surface area contributed by atoms with Crippen LogP contribution in [0.5, 0.6) is 11.5 Å². The maximum atomic E-state index is 13.8. The molecule has 0 unspecified atom stereocenters. The number of phenols is 2. The number of hydrogen-bond acceptors (Lipinski definition) is 13. The Morgan fingerprint density at radius 1 is 0.385 bits per heavy atom. The lowest BCUT2D eigenvalue weighted by molar-refractivity contribution is 0.104. The van der Waals surface area contributed by atoms with Gasteiger partial charge in [0.2, 0.25) is 11.8 Å². The number of benzene rings is 10. The summed E-state index contributed by atoms with van der Waals surface area (Å²) in [6.07, 6.45) is 0. The minimum atomic E-state index is -0.433. The van der Waals surface area contributed by atoms with Crippen molar-refractivity contribution >= 4 is 119 Å². The summed E-state index contributed by atoms with van der Waals surface area (Å²) in [4.78, 5) is 22.3. The van der Waals surface area contributed by atoms with Crippen LogP contribution in [0.4, 0.5) is 56.9 Å². The van der Waals surface area contributed by atoms with Gasteiger partial charge < -0.3 is 20.4 Å². The van der Waals surface area contributed by atoms with Crippen LogP contribution in [0.1, 0.15) is 38.2 Å². The van der Waals surface area contributed by atoms with Gasteiger partial charge in [-0.15, -0.1) is 10.2 Å². The molecule has 4 N–H and O–H groups in total. The van der Waals surface area contributed by atoms with Crippen molar-refractivity contribution in [2.45, 2.75) is 13.8 Å². The first-order valence-corrected chi connectivity index (χ1v) is 24.9. The van der Waals surface area contributed by atoms with Crippen molar-refractivity contribution < 1.29 is 25.2 Å². The third kappa shape index (κ3) is 10.1. The van der Waals surface area contributed by atoms with Gasteiger partial charge in [0.15, 0.2) is 17.3 Å². The molecule has 15 nitrogen and oxygen atoms in total. The second-order valence-corrected chi connectivity index (χ2v) is 18.8. The van der Waals surface area contributed by atoms with Gasteiger partial charge in [-0.3, -0.25) is 4.79 Å². The van der Waals surface area contributed by atoms with E-state index in [9.17, 15) is 25.2 Å². The average Bonchev–Trinajstić information content (AvgIpc) is 3.73. The van der Waals surface area contributed by atoms with Gasteiger partial charge in [0.05, 0.1) is 66.7 Å². The highest BCUT2D eigenvalue weighted by Gasteiger charge is 2.27. The van der Waals surface area contributed by atoms with Gasteiger partial charge in [0, 0.05) is 21.9 Å². The Bertz CT molecular complexity index is 4030. The Hall–Kier alpha value is -10.1. The molecule has 0 aromatic heterocycles. The highest BCUT2D eigenvalue weighted by atomic mass is 35.5. The first-order valence-electron chi connectivity index (χ1n) is 24.1. The van der Waals surface area contributed by atoms with E-state index in [4.69, 9.17) is 23.2 Å². The van der Waals surface area contributed by atoms with Gasteiger partial charge in [-0.2, -0.15) is 30.7 Å². The molecule has 0 amide bonds. The summed E-state index contributed by atoms with van der Waals surface area (Å²) in [5.41, 5.74) is 8.15. The Kier molecular flexibility index (Phi) is 13.7. The number of phenolic OH excluding ortho intramolecular Hbond substituents is 2. The van der Waals surface area contributed by atoms with E-state index in [1.54, 1.807) is 133 Å². The van der Waals surface area contributed by atoms with Crippen molar-refractivity contribution in [3.8, 4) is 22.6 Å². The summed E-state index contributed by atoms with van der Waals surface area (Å²) >= 11 is 12.5. The summed E-state index contributed by atoms with van der Waals surface area (Å²) in [6, 6.07) is 52.7. The van der Waals surface area contributed by atoms with Crippen molar-refractivity contribution in [2.75, 3.05) is 0 Å². The SMILES string of the molecule is Cc1cc(N=Nc2ccc3c(c2)C(=O)c2cc(N=Nc4ccc(N=Nc5c(O)c(C(O)=Nc6ccccc6Cl)cc6ccccc56)c(C)c4)ccc2-3)ccc1N=Nc1c(O)c(C(O)=Nc2ccccc2Cl)cc2ccccc12. The number of rotatable bonds is 12. The third-order valence-corrected chi connectivity index (χ3v) is 13.5. The summed E-state index contributed by atoms with van der Waals surface area (Å²) in [5.74, 6) is -1.64. The number of ketones is 1. The molecule has 1 aliphatic rings. The van der Waals surface area contributed by atoms with Gasteiger partial charge in [0.1, 0.15) is 11.4 Å². The number of aliphatic imine (C=N–C) groups is 2. The number of azo groups is 4. The summed E-state index contributed by atoms with van der Waals surface area (Å²) in [7, 11) is 0. The molecular formula is C61H40Cl2N10O5. The number of para-hydroxylation sites is 2. The van der Waals surface area contributed by atoms with Gasteiger partial charge in [-0.1, -0.05) is 108 Å². The third-order valence-electron chi connectivity index (χ3n) is 12.9. The maximum absolute atomic E-state index is 13.8. The monoisotopic (exact) mass is 1060 g/mol. The molecular weight excluding hydrogens is 1020 g/mol. The van der Waals surface area contributed by atoms with E-state index in [1.807, 2.05) is 62.4 Å². The van der Waals surface area contributed by atoms with Crippen molar-refractivity contribution in [3.63, 3.8) is 0 Å². The van der Waals surface area contributed by atoms with Crippen LogP contribution < -0.4 is 0 Å². The number of hydrogen-bond donors (Lipinski definition) is 4. The zero-order valence-electron chi connectivity index (χ0n) is 41.2. The number of aliphatic hydroxyl groups is 2. The first kappa shape index (κ1) is 50.1. The molecule has 11 rings (SSSR count). The molecule has 10 aromatic carbocycles. The Balaban J connectivity index is 0.769. The number of fused-ring (bicyclic) bond motifs is 5. The van der Waals surface area contributed by atoms with Gasteiger partial charge in [0.25, 0.3) is 0 Å². The molecule has 17 heteroatoms. The van der Waals surface area contributed by atoms with Crippen LogP contribution in [0.2, 0.25) is 10.0 Å². The molecule has 378 valence electrons. The number of halogens is 2. The van der Waals surface area contributed by atoms with E-state index < -0.39 is 11.8 Å². The van der Waals surface area contributed by atoms with Crippen molar-refractivity contribution in [1.82, 2.24) is 0 Å². The minimum Gasteiger partial charge on any atom is -0.505 e. The second-order valence-electron chi connectivity index (χ2n) is 18.0. The predicted molar refractivity (Wildman–Crippen MR) is 306 cm³/mol. The molecule has 0 fully saturated rings. The molecule has 0 bridgehead atoms. The van der Waals surface area contributed by atoms with Gasteiger partial charge in [-0.05, 0) is 144 Å². The van der Waals surface area contributed by atoms with E-state index in [2.05, 4.69) is 50.9 Å². The molecule has 0 radical (unpaired) electrons. The summed E-state index contributed by atoms with van der Waals surface area (Å²) in [6.45, 7) is 3.70. The topological polar surface area (TPSA) is 222 Å². The Morgan fingerprint density at radius 2 is 0.756 bits per heavy atom. The lowest BCUT2D eigenvalue weighted by Crippen LogP contribution is -1.99. The van der Waals surface area contributed by atoms with Crippen molar-refractivity contribution in [3.05, 3.63) is 225 Å². The van der Waals surface area contributed by atoms with E-state index in [-0.39, 0.29) is 39.8 Å². The number of aromatic hydroxyl groups is 2. The van der Waals surface area contributed by atoms with Crippen LogP contribution in [-0.2, 0) is 0 Å². The molecule has 78 heavy (non-hydrogen) atoms. The van der Waals surface area contributed by atoms with Crippen LogP contribution in [0.25, 0.3) is 32.7 Å². The number of aliphatic hydroxyl groups excluding tert-OH is 2. The number of nitrogens with zero attached hydrogens (tertiary/aromatic N) is 10. The van der Waals surface area contributed by atoms with E-state index in [1.165, 1.54) is 0 Å². The lowest BCUT2D eigenvalue weighted by Gasteiger charge is -2.10. The molecule has 0 spiro atoms. The summed E-state index contributed by atoms with van der Waals surface area (Å²) < 4.78 is 0. The summed E-state index contributed by atoms with van der Waals surface area (Å²) in [5, 5.41) is 83.8. The largest absolute Gasteiger partial charge is 0.505 e. The van der Waals surface area contributed by atoms with Crippen LogP contribution >= 0.6 is 23.2 Å². The standard InChI is InChI=1S/C61H40Cl2N10O5/c1-33-27-37(21-25-51(33)70-72-55-41-13-5-3-11-35(41)29-47(58(55)75)60(77)64-53-17-9-7-15-49(53)62)66-68-39-19-23-43-44-24-20-40(32-46(44)57(74)45(43)31-39)69-67-38-22-26-52(34(2)28-38)71-73-56-42-14-6-4-12-36(42)30-48(59(56)76)61(78)65-54-18-10-8-16-50(54)63/h3-32,75-76H,1-2H3,(H,64,77)(H,65,78). The molecule has 0 atom stereocenters. The van der Waals surface area contributed by atoms with E-state index >= 15 is 0 Å². The second kappa shape index (κ2) is 21.3. The fourth-order valence-electron chi connectivity index (χ4n) is 8.86. The number of carbonyl (C=O) groups excluding carboxylic acids is 1. The molecule has 1 aliphatic carbocycles. The van der Waals surface area contributed by atoms with Crippen LogP contribution in [0.3, 0.4) is 0 Å². The van der Waals surface area contributed by atoms with Gasteiger partial charge >= 0.3 is 0 Å². The van der Waals surface area contributed by atoms with Crippen LogP contribution in [0.15, 0.2) is 233 Å². The van der Waals surface area contributed by atoms with Crippen LogP contribution in [-0.4, -0.2) is 38.0 Å². The highest BCUT2D eigenvalue weighted by Crippen LogP contribution is 2.44. The maximum Gasteiger partial charge on any atom is 0.222 e. The minimum absolute atomic E-state index is 0.0658. The number of aryl methyl sites for hydroxylation is 2. The fraction of sp³-hybridized carbons (Fsp3) is 0.0328. The molecule has 0 saturated carbocycles. The van der Waals surface area contributed by atoms with Crippen molar-refractivity contribution in [1.29, 1.82) is 0 Å². The zero-order chi connectivity index (χ0) is 54.0. The Labute approximate surface area is 455 Å². The smallest absolute Gasteiger partial charge is 0.222 e. The lowest BCUT2D eigenvalue weighted by atomic mass is 10.0. The van der Waals surface area contributed by atoms with Crippen molar-refractivity contribution in [2.24, 2.45) is 50.9 Å². The van der Waals surface area contributed by atoms with Gasteiger partial charge in [-0.25, -0.2) is 9.98 Å². The van der Waals surface area contributed by atoms with Crippen LogP contribution in [0, 0.1) is 13.8 Å².